The first-order valence-electron chi connectivity index (χ1n) is 49.6. The molecule has 658 valence electrons. The van der Waals surface area contributed by atoms with Gasteiger partial charge in [0.05, 0.1) is 133 Å². The summed E-state index contributed by atoms with van der Waals surface area (Å²) in [7, 11) is 0. The summed E-state index contributed by atoms with van der Waals surface area (Å²) in [5, 5.41) is 37.1. The minimum atomic E-state index is 0.813. The summed E-state index contributed by atoms with van der Waals surface area (Å²) >= 11 is 0. The maximum atomic E-state index is 7.56. The van der Waals surface area contributed by atoms with Crippen molar-refractivity contribution in [3.05, 3.63) is 400 Å². The summed E-state index contributed by atoms with van der Waals surface area (Å²) in [5.74, 6) is 0. The normalized spacial score (nSPS) is 13.1. The quantitative estimate of drug-likeness (QED) is 0.172. The zero-order valence-electron chi connectivity index (χ0n) is 76.3. The maximum Gasteiger partial charge on any atom is 0.159 e. The van der Waals surface area contributed by atoms with Gasteiger partial charge in [0.2, 0.25) is 0 Å². The fourth-order valence-corrected chi connectivity index (χ4v) is 28.2. The molecule has 0 N–H and O–H groups in total. The number of aromatic nitrogens is 8. The zero-order chi connectivity index (χ0) is 92.2. The van der Waals surface area contributed by atoms with Gasteiger partial charge in [0, 0.05) is 172 Å². The highest BCUT2D eigenvalue weighted by molar-refractivity contribution is 6.44. The minimum Gasteiger partial charge on any atom is -0.454 e. The van der Waals surface area contributed by atoms with Crippen LogP contribution >= 0.6 is 0 Å². The second-order valence-corrected chi connectivity index (χ2v) is 40.2. The van der Waals surface area contributed by atoms with E-state index in [0.29, 0.717) is 0 Å². The lowest BCUT2D eigenvalue weighted by atomic mass is 9.95. The average molecular weight is 1830 g/mol. The van der Waals surface area contributed by atoms with Crippen molar-refractivity contribution in [3.63, 3.8) is 0 Å². The summed E-state index contributed by atoms with van der Waals surface area (Å²) in [6, 6.07) is 150. The third-order valence-electron chi connectivity index (χ3n) is 33.6. The molecule has 22 aromatic carbocycles. The van der Waals surface area contributed by atoms with Crippen molar-refractivity contribution in [1.29, 1.82) is 0 Å². The predicted octanol–water partition coefficient (Wildman–Crippen LogP) is 35.9. The number of hydrogen-bond donors (Lipinski definition) is 0. The lowest BCUT2D eigenvalue weighted by Crippen LogP contribution is -1.96. The van der Waals surface area contributed by atoms with Crippen molar-refractivity contribution in [2.45, 2.75) is 0 Å². The second-order valence-electron chi connectivity index (χ2n) is 40.2. The first-order valence-corrected chi connectivity index (χ1v) is 49.6. The van der Waals surface area contributed by atoms with Crippen LogP contribution in [-0.4, -0.2) is 35.9 Å². The molecule has 0 aliphatic carbocycles. The van der Waals surface area contributed by atoms with Crippen LogP contribution in [0.2, 0.25) is 0 Å². The molecule has 0 spiro atoms. The van der Waals surface area contributed by atoms with Crippen LogP contribution in [0.15, 0.2) is 418 Å². The number of para-hydroxylation sites is 14. The standard InChI is InChI=1S/C132H66N8O4/c1-12-42-94-69(27-1)83-59-84-70-28-3-14-44-96(70)139-107-65-92-108(66-91(107)121(127(84)139)125(83)135(94)103-51-25-40-79-75-33-9-20-54-113(75)142-130(79)103)140-101-49-23-38-68(116(101)93-60-85-71-29-2-13-43-95(71)136(126(85)122(92)128(93)140)104-52-26-41-80-76-34-10-21-55-114(76)143-131(80)104)67-57-88-77-35-11-22-56-115(77)144-132(88)111(58-67)134-100-48-18-7-37-82(100)118-110(134)62-87-73-31-5-16-46-98(73)138-106-63-89-105(64-90(106)120(118)124(87)138)137-97-45-15-4-30-72(97)86-61-109-117(119(89)123(86)137)81-36-6-17-47-99(81)133(109)102-50-24-39-78-74-32-8-19-53-112(74)141-129(78)102/h1-66H. The molecule has 0 bridgehead atoms. The third-order valence-corrected chi connectivity index (χ3v) is 33.6. The molecule has 12 heteroatoms. The molecule has 0 saturated carbocycles. The van der Waals surface area contributed by atoms with E-state index in [-0.39, 0.29) is 0 Å². The SMILES string of the molecule is c1ccc2c(c1)oc1c(-n3c4ccccc4c4c5c6cc7c(cc6n6c8ccccc8c(cc43)c56)c3c4c5ccccc5n(-c5cc(-c6cccc8c6c6cc9c%10ccccc%10n(-c%10cccc%11c%10oc%10ccccc%10%11)c9c9c%10cc%11c(cc%10n8c69)c6c8c(cc9c%10ccccc%10n%11c96)c6ccccc6n8-c6cccc8c6oc6ccccc68)cc6c5oc5ccccc56)c4cc4c5ccccc5n7c43)cccc12. The van der Waals surface area contributed by atoms with Gasteiger partial charge in [0.25, 0.3) is 0 Å². The summed E-state index contributed by atoms with van der Waals surface area (Å²) in [4.78, 5) is 0. The Labute approximate surface area is 809 Å². The van der Waals surface area contributed by atoms with E-state index >= 15 is 0 Å². The first-order chi connectivity index (χ1) is 71.5. The minimum absolute atomic E-state index is 0.813. The summed E-state index contributed by atoms with van der Waals surface area (Å²) < 4.78 is 49.4. The van der Waals surface area contributed by atoms with Crippen molar-refractivity contribution >= 4 is 327 Å². The van der Waals surface area contributed by atoms with Crippen LogP contribution in [0.3, 0.4) is 0 Å². The molecule has 0 fully saturated rings. The molecule has 0 aliphatic heterocycles. The molecule has 0 atom stereocenters. The highest BCUT2D eigenvalue weighted by atomic mass is 16.3. The smallest absolute Gasteiger partial charge is 0.159 e. The highest BCUT2D eigenvalue weighted by Gasteiger charge is 2.36. The van der Waals surface area contributed by atoms with Crippen molar-refractivity contribution in [2.24, 2.45) is 0 Å². The van der Waals surface area contributed by atoms with Gasteiger partial charge < -0.3 is 53.5 Å². The zero-order valence-corrected chi connectivity index (χ0v) is 76.3. The molecule has 0 amide bonds. The van der Waals surface area contributed by atoms with E-state index in [1.165, 1.54) is 108 Å². The fourth-order valence-electron chi connectivity index (χ4n) is 28.2. The monoisotopic (exact) mass is 1830 g/mol. The van der Waals surface area contributed by atoms with Gasteiger partial charge in [-0.2, -0.15) is 0 Å². The van der Waals surface area contributed by atoms with Crippen LogP contribution in [0.1, 0.15) is 0 Å². The second kappa shape index (κ2) is 24.9. The Morgan fingerprint density at radius 1 is 0.132 bits per heavy atom. The Morgan fingerprint density at radius 2 is 0.410 bits per heavy atom. The summed E-state index contributed by atoms with van der Waals surface area (Å²) in [6.07, 6.45) is 0. The van der Waals surface area contributed by atoms with Crippen molar-refractivity contribution in [1.82, 2.24) is 35.9 Å². The molecule has 0 aliphatic rings. The molecule has 38 rings (SSSR count). The largest absolute Gasteiger partial charge is 0.454 e. The Bertz CT molecular complexity index is 12800. The van der Waals surface area contributed by atoms with Gasteiger partial charge in [0.15, 0.2) is 22.3 Å². The van der Waals surface area contributed by atoms with Gasteiger partial charge in [-0.1, -0.05) is 249 Å². The topological polar surface area (TPSA) is 89.9 Å². The molecular formula is C132H66N8O4. The van der Waals surface area contributed by atoms with Gasteiger partial charge in [-0.3, -0.25) is 0 Å². The van der Waals surface area contributed by atoms with E-state index in [2.05, 4.69) is 436 Å². The van der Waals surface area contributed by atoms with E-state index in [9.17, 15) is 0 Å². The molecule has 12 nitrogen and oxygen atoms in total. The number of fused-ring (bicyclic) bond motifs is 52. The van der Waals surface area contributed by atoms with E-state index in [4.69, 9.17) is 17.7 Å². The average Bonchev–Trinajstić information content (AvgIpc) is 1.50. The molecule has 144 heavy (non-hydrogen) atoms. The maximum absolute atomic E-state index is 7.56. The fraction of sp³-hybridized carbons (Fsp3) is 0. The first kappa shape index (κ1) is 72.8. The summed E-state index contributed by atoms with van der Waals surface area (Å²) in [6.45, 7) is 0. The molecule has 0 saturated heterocycles. The van der Waals surface area contributed by atoms with Crippen LogP contribution in [0.4, 0.5) is 0 Å². The lowest BCUT2D eigenvalue weighted by Gasteiger charge is -2.13. The van der Waals surface area contributed by atoms with Gasteiger partial charge in [-0.05, 0) is 163 Å². The van der Waals surface area contributed by atoms with Crippen molar-refractivity contribution in [2.75, 3.05) is 0 Å². The van der Waals surface area contributed by atoms with Crippen molar-refractivity contribution < 1.29 is 17.7 Å². The van der Waals surface area contributed by atoms with E-state index in [0.717, 1.165) is 253 Å². The van der Waals surface area contributed by atoms with Gasteiger partial charge in [0.1, 0.15) is 22.3 Å². The summed E-state index contributed by atoms with van der Waals surface area (Å²) in [5.41, 5.74) is 35.7. The van der Waals surface area contributed by atoms with Crippen LogP contribution < -0.4 is 0 Å². The van der Waals surface area contributed by atoms with Gasteiger partial charge >= 0.3 is 0 Å². The third kappa shape index (κ3) is 8.34. The van der Waals surface area contributed by atoms with E-state index < -0.39 is 0 Å². The number of benzene rings is 22. The van der Waals surface area contributed by atoms with Crippen molar-refractivity contribution in [3.8, 4) is 33.9 Å². The van der Waals surface area contributed by atoms with Gasteiger partial charge in [-0.25, -0.2) is 0 Å². The molecule has 16 heterocycles. The molecule has 0 radical (unpaired) electrons. The molecule has 38 aromatic rings. The van der Waals surface area contributed by atoms with Crippen LogP contribution in [0.25, 0.3) is 361 Å². The Kier molecular flexibility index (Phi) is 12.6. The molecule has 16 aromatic heterocycles. The van der Waals surface area contributed by atoms with Crippen LogP contribution in [0, 0.1) is 0 Å². The number of nitrogens with zero attached hydrogens (tertiary/aromatic N) is 8. The Balaban J connectivity index is 0.635. The highest BCUT2D eigenvalue weighted by Crippen LogP contribution is 2.58. The predicted molar refractivity (Wildman–Crippen MR) is 597 cm³/mol. The van der Waals surface area contributed by atoms with Gasteiger partial charge in [-0.15, -0.1) is 0 Å². The Morgan fingerprint density at radius 3 is 0.840 bits per heavy atom. The van der Waals surface area contributed by atoms with E-state index in [1.54, 1.807) is 0 Å². The Hall–Kier alpha value is -19.6. The number of hydrogen-bond acceptors (Lipinski definition) is 4. The number of furan rings is 4. The van der Waals surface area contributed by atoms with E-state index in [1.807, 2.05) is 0 Å². The molecule has 0 unspecified atom stereocenters. The molecular weight excluding hydrogens is 1760 g/mol. The lowest BCUT2D eigenvalue weighted by molar-refractivity contribution is 0.666. The number of rotatable bonds is 5. The van der Waals surface area contributed by atoms with Crippen LogP contribution in [0.5, 0.6) is 0 Å². The van der Waals surface area contributed by atoms with Crippen LogP contribution in [-0.2, 0) is 0 Å².